The van der Waals surface area contributed by atoms with E-state index in [0.29, 0.717) is 54.6 Å². The monoisotopic (exact) mass is 401 g/mol. The van der Waals surface area contributed by atoms with Crippen molar-refractivity contribution in [2.45, 2.75) is 32.2 Å². The van der Waals surface area contributed by atoms with Crippen LogP contribution < -0.4 is 4.90 Å². The number of hydrogen-bond acceptors (Lipinski definition) is 7. The Bertz CT molecular complexity index is 1120. The minimum absolute atomic E-state index is 0.347. The van der Waals surface area contributed by atoms with Crippen molar-refractivity contribution in [3.63, 3.8) is 0 Å². The van der Waals surface area contributed by atoms with Gasteiger partial charge in [-0.05, 0) is 44.0 Å². The van der Waals surface area contributed by atoms with Crippen molar-refractivity contribution in [1.82, 2.24) is 29.3 Å². The summed E-state index contributed by atoms with van der Waals surface area (Å²) in [7, 11) is -3.51. The molecule has 148 valence electrons. The van der Waals surface area contributed by atoms with Crippen molar-refractivity contribution in [2.75, 3.05) is 31.1 Å². The molecule has 1 fully saturated rings. The lowest BCUT2D eigenvalue weighted by molar-refractivity contribution is 0.384. The van der Waals surface area contributed by atoms with E-state index in [1.54, 1.807) is 16.8 Å². The van der Waals surface area contributed by atoms with E-state index in [2.05, 4.69) is 20.3 Å². The van der Waals surface area contributed by atoms with Crippen molar-refractivity contribution in [2.24, 2.45) is 0 Å². The van der Waals surface area contributed by atoms with Gasteiger partial charge in [0.1, 0.15) is 6.33 Å². The summed E-state index contributed by atoms with van der Waals surface area (Å²) in [4.78, 5) is 11.0. The van der Waals surface area contributed by atoms with E-state index in [4.69, 9.17) is 0 Å². The van der Waals surface area contributed by atoms with Gasteiger partial charge in [-0.15, -0.1) is 5.10 Å². The van der Waals surface area contributed by atoms with Crippen molar-refractivity contribution >= 4 is 27.0 Å². The maximum Gasteiger partial charge on any atom is 0.243 e. The number of piperazine rings is 1. The van der Waals surface area contributed by atoms with Crippen molar-refractivity contribution < 1.29 is 8.42 Å². The van der Waals surface area contributed by atoms with Crippen LogP contribution in [0.15, 0.2) is 29.4 Å². The Morgan fingerprint density at radius 2 is 1.79 bits per heavy atom. The van der Waals surface area contributed by atoms with Gasteiger partial charge in [0.05, 0.1) is 4.90 Å². The molecule has 4 rings (SSSR count). The zero-order valence-electron chi connectivity index (χ0n) is 16.2. The average molecular weight is 401 g/mol. The molecule has 1 aliphatic heterocycles. The number of benzene rings is 1. The Labute approximate surface area is 164 Å². The lowest BCUT2D eigenvalue weighted by Crippen LogP contribution is -2.49. The van der Waals surface area contributed by atoms with E-state index < -0.39 is 10.0 Å². The summed E-state index contributed by atoms with van der Waals surface area (Å²) in [6.45, 7) is 8.41. The molecule has 28 heavy (non-hydrogen) atoms. The standard InChI is InChI=1S/C18H23N7O2S/c1-4-25-18-16(21-22-25)17(19-12-20-18)23-7-9-24(10-8-23)28(26,27)15-6-5-13(2)14(3)11-15/h5-6,11-12H,4,7-10H2,1-3H3. The number of aromatic nitrogens is 5. The van der Waals surface area contributed by atoms with Gasteiger partial charge in [0.15, 0.2) is 17.0 Å². The summed E-state index contributed by atoms with van der Waals surface area (Å²) in [6.07, 6.45) is 1.51. The summed E-state index contributed by atoms with van der Waals surface area (Å²) < 4.78 is 29.3. The Morgan fingerprint density at radius 1 is 1.04 bits per heavy atom. The number of nitrogens with zero attached hydrogens (tertiary/aromatic N) is 7. The highest BCUT2D eigenvalue weighted by molar-refractivity contribution is 7.89. The third kappa shape index (κ3) is 3.12. The average Bonchev–Trinajstić information content (AvgIpc) is 3.13. The molecule has 10 heteroatoms. The second-order valence-electron chi connectivity index (χ2n) is 6.91. The van der Waals surface area contributed by atoms with Crippen LogP contribution in [-0.2, 0) is 16.6 Å². The zero-order chi connectivity index (χ0) is 19.9. The van der Waals surface area contributed by atoms with Gasteiger partial charge in [-0.3, -0.25) is 0 Å². The molecule has 2 aromatic heterocycles. The largest absolute Gasteiger partial charge is 0.352 e. The molecule has 0 amide bonds. The first kappa shape index (κ1) is 18.8. The van der Waals surface area contributed by atoms with E-state index in [1.165, 1.54) is 10.6 Å². The fraction of sp³-hybridized carbons (Fsp3) is 0.444. The lowest BCUT2D eigenvalue weighted by atomic mass is 10.1. The minimum atomic E-state index is -3.51. The molecule has 0 saturated carbocycles. The summed E-state index contributed by atoms with van der Waals surface area (Å²) in [6, 6.07) is 5.28. The third-order valence-corrected chi connectivity index (χ3v) is 7.13. The molecule has 0 bridgehead atoms. The molecule has 0 spiro atoms. The van der Waals surface area contributed by atoms with Gasteiger partial charge in [0, 0.05) is 32.7 Å². The van der Waals surface area contributed by atoms with Gasteiger partial charge in [0.2, 0.25) is 10.0 Å². The molecule has 1 aliphatic rings. The first-order chi connectivity index (χ1) is 13.4. The zero-order valence-corrected chi connectivity index (χ0v) is 17.0. The highest BCUT2D eigenvalue weighted by atomic mass is 32.2. The van der Waals surface area contributed by atoms with Crippen LogP contribution >= 0.6 is 0 Å². The fourth-order valence-electron chi connectivity index (χ4n) is 3.39. The predicted molar refractivity (Wildman–Crippen MR) is 106 cm³/mol. The molecular weight excluding hydrogens is 378 g/mol. The highest BCUT2D eigenvalue weighted by Crippen LogP contribution is 2.24. The van der Waals surface area contributed by atoms with E-state index in [-0.39, 0.29) is 0 Å². The topological polar surface area (TPSA) is 97.1 Å². The van der Waals surface area contributed by atoms with Crippen molar-refractivity contribution in [3.05, 3.63) is 35.7 Å². The molecule has 0 radical (unpaired) electrons. The van der Waals surface area contributed by atoms with Crippen molar-refractivity contribution in [1.29, 1.82) is 0 Å². The summed E-state index contributed by atoms with van der Waals surface area (Å²) in [5.41, 5.74) is 3.39. The third-order valence-electron chi connectivity index (χ3n) is 5.23. The van der Waals surface area contributed by atoms with E-state index in [1.807, 2.05) is 31.7 Å². The van der Waals surface area contributed by atoms with Gasteiger partial charge >= 0.3 is 0 Å². The normalized spacial score (nSPS) is 16.0. The van der Waals surface area contributed by atoms with Gasteiger partial charge < -0.3 is 4.90 Å². The Kier molecular flexibility index (Phi) is 4.76. The Hall–Kier alpha value is -2.59. The molecular formula is C18H23N7O2S. The first-order valence-corrected chi connectivity index (χ1v) is 10.7. The molecule has 1 aromatic carbocycles. The fourth-order valence-corrected chi connectivity index (χ4v) is 4.90. The Morgan fingerprint density at radius 3 is 2.46 bits per heavy atom. The SMILES string of the molecule is CCn1nnc2c(N3CCN(S(=O)(=O)c4ccc(C)c(C)c4)CC3)ncnc21. The first-order valence-electron chi connectivity index (χ1n) is 9.28. The van der Waals surface area contributed by atoms with Crippen LogP contribution in [0.4, 0.5) is 5.82 Å². The van der Waals surface area contributed by atoms with Gasteiger partial charge in [0.25, 0.3) is 0 Å². The van der Waals surface area contributed by atoms with Gasteiger partial charge in [-0.2, -0.15) is 4.31 Å². The number of hydrogen-bond donors (Lipinski definition) is 0. The van der Waals surface area contributed by atoms with E-state index in [0.717, 1.165) is 11.1 Å². The second kappa shape index (κ2) is 7.10. The van der Waals surface area contributed by atoms with Crippen LogP contribution in [0.25, 0.3) is 11.2 Å². The number of rotatable bonds is 4. The number of sulfonamides is 1. The quantitative estimate of drug-likeness (QED) is 0.651. The molecule has 0 N–H and O–H groups in total. The van der Waals surface area contributed by atoms with E-state index in [9.17, 15) is 8.42 Å². The summed E-state index contributed by atoms with van der Waals surface area (Å²) in [5, 5.41) is 8.32. The van der Waals surface area contributed by atoms with Crippen LogP contribution in [0.3, 0.4) is 0 Å². The van der Waals surface area contributed by atoms with Crippen LogP contribution in [0, 0.1) is 13.8 Å². The maximum absolute atomic E-state index is 13.0. The lowest BCUT2D eigenvalue weighted by Gasteiger charge is -2.34. The van der Waals surface area contributed by atoms with Crippen molar-refractivity contribution in [3.8, 4) is 0 Å². The highest BCUT2D eigenvalue weighted by Gasteiger charge is 2.30. The smallest absolute Gasteiger partial charge is 0.243 e. The second-order valence-corrected chi connectivity index (χ2v) is 8.85. The van der Waals surface area contributed by atoms with Crippen LogP contribution in [0.5, 0.6) is 0 Å². The molecule has 0 atom stereocenters. The van der Waals surface area contributed by atoms with Crippen LogP contribution in [0.1, 0.15) is 18.1 Å². The molecule has 0 unspecified atom stereocenters. The Balaban J connectivity index is 1.55. The van der Waals surface area contributed by atoms with E-state index >= 15 is 0 Å². The molecule has 3 heterocycles. The van der Waals surface area contributed by atoms with Crippen LogP contribution in [-0.4, -0.2) is 63.9 Å². The van der Waals surface area contributed by atoms with Gasteiger partial charge in [-0.1, -0.05) is 11.3 Å². The minimum Gasteiger partial charge on any atom is -0.352 e. The summed E-state index contributed by atoms with van der Waals surface area (Å²) >= 11 is 0. The summed E-state index contributed by atoms with van der Waals surface area (Å²) in [5.74, 6) is 0.702. The molecule has 3 aromatic rings. The number of anilines is 1. The number of aryl methyl sites for hydroxylation is 3. The number of fused-ring (bicyclic) bond motifs is 1. The molecule has 0 aliphatic carbocycles. The molecule has 9 nitrogen and oxygen atoms in total. The van der Waals surface area contributed by atoms with Gasteiger partial charge in [-0.25, -0.2) is 23.1 Å². The molecule has 1 saturated heterocycles. The predicted octanol–water partition coefficient (Wildman–Crippen LogP) is 1.37. The maximum atomic E-state index is 13.0. The van der Waals surface area contributed by atoms with Crippen LogP contribution in [0.2, 0.25) is 0 Å².